The summed E-state index contributed by atoms with van der Waals surface area (Å²) in [5, 5.41) is 0. The molecule has 110 valence electrons. The highest BCUT2D eigenvalue weighted by molar-refractivity contribution is 7.99. The Labute approximate surface area is 129 Å². The molecule has 2 aromatic carbocycles. The number of thioether (sulfide) groups is 1. The topological polar surface area (TPSA) is 44.5 Å². The molecule has 0 spiro atoms. The lowest BCUT2D eigenvalue weighted by Gasteiger charge is -2.30. The van der Waals surface area contributed by atoms with Gasteiger partial charge in [0, 0.05) is 16.2 Å². The molecular formula is C17H19NO2S. The number of nitrogens with two attached hydrogens (primary N) is 1. The fourth-order valence-corrected chi connectivity index (χ4v) is 3.51. The maximum Gasteiger partial charge on any atom is 0.133 e. The lowest BCUT2D eigenvalue weighted by molar-refractivity contribution is 0.183. The van der Waals surface area contributed by atoms with E-state index in [-0.39, 0.29) is 12.1 Å². The summed E-state index contributed by atoms with van der Waals surface area (Å²) in [6, 6.07) is 15.8. The van der Waals surface area contributed by atoms with E-state index in [2.05, 4.69) is 6.07 Å². The molecular weight excluding hydrogens is 282 g/mol. The van der Waals surface area contributed by atoms with Crippen LogP contribution in [0.2, 0.25) is 0 Å². The number of fused-ring (bicyclic) bond motifs is 1. The molecule has 1 heterocycles. The van der Waals surface area contributed by atoms with Crippen LogP contribution in [0.1, 0.15) is 18.5 Å². The second kappa shape index (κ2) is 6.41. The number of para-hydroxylation sites is 2. The van der Waals surface area contributed by atoms with Crippen molar-refractivity contribution in [3.05, 3.63) is 54.1 Å². The first-order valence-electron chi connectivity index (χ1n) is 7.15. The van der Waals surface area contributed by atoms with Crippen molar-refractivity contribution in [2.45, 2.75) is 24.0 Å². The predicted octanol–water partition coefficient (Wildman–Crippen LogP) is 3.64. The Morgan fingerprint density at radius 2 is 2.00 bits per heavy atom. The molecule has 1 aliphatic heterocycles. The molecule has 21 heavy (non-hydrogen) atoms. The van der Waals surface area contributed by atoms with Crippen molar-refractivity contribution in [3.63, 3.8) is 0 Å². The van der Waals surface area contributed by atoms with Crippen molar-refractivity contribution >= 4 is 11.8 Å². The van der Waals surface area contributed by atoms with E-state index in [0.29, 0.717) is 6.61 Å². The minimum atomic E-state index is -0.200. The molecule has 4 heteroatoms. The average molecular weight is 301 g/mol. The van der Waals surface area contributed by atoms with Crippen LogP contribution in [0, 0.1) is 0 Å². The van der Waals surface area contributed by atoms with Gasteiger partial charge in [0.1, 0.15) is 17.6 Å². The van der Waals surface area contributed by atoms with Gasteiger partial charge in [-0.1, -0.05) is 30.3 Å². The molecule has 3 rings (SSSR count). The SMILES string of the molecule is CCOc1ccccc1C(N)C1CSc2ccccc2O1. The van der Waals surface area contributed by atoms with Crippen LogP contribution in [0.25, 0.3) is 0 Å². The Balaban J connectivity index is 1.82. The summed E-state index contributed by atoms with van der Waals surface area (Å²) in [5.74, 6) is 2.61. The summed E-state index contributed by atoms with van der Waals surface area (Å²) in [7, 11) is 0. The maximum atomic E-state index is 6.44. The molecule has 0 radical (unpaired) electrons. The maximum absolute atomic E-state index is 6.44. The third-order valence-electron chi connectivity index (χ3n) is 3.51. The van der Waals surface area contributed by atoms with Gasteiger partial charge < -0.3 is 15.2 Å². The van der Waals surface area contributed by atoms with Crippen LogP contribution in [0.4, 0.5) is 0 Å². The Morgan fingerprint density at radius 1 is 1.24 bits per heavy atom. The van der Waals surface area contributed by atoms with Crippen molar-refractivity contribution in [1.82, 2.24) is 0 Å². The van der Waals surface area contributed by atoms with E-state index in [1.807, 2.05) is 49.4 Å². The monoisotopic (exact) mass is 301 g/mol. The summed E-state index contributed by atoms with van der Waals surface area (Å²) >= 11 is 1.79. The van der Waals surface area contributed by atoms with Gasteiger partial charge in [0.25, 0.3) is 0 Å². The molecule has 0 amide bonds. The van der Waals surface area contributed by atoms with Crippen LogP contribution >= 0.6 is 11.8 Å². The van der Waals surface area contributed by atoms with Crippen LogP contribution in [-0.2, 0) is 0 Å². The zero-order valence-electron chi connectivity index (χ0n) is 12.0. The lowest BCUT2D eigenvalue weighted by atomic mass is 10.0. The second-order valence-electron chi connectivity index (χ2n) is 4.91. The molecule has 0 aromatic heterocycles. The van der Waals surface area contributed by atoms with Crippen molar-refractivity contribution in [1.29, 1.82) is 0 Å². The fourth-order valence-electron chi connectivity index (χ4n) is 2.46. The van der Waals surface area contributed by atoms with Crippen molar-refractivity contribution in [2.75, 3.05) is 12.4 Å². The first kappa shape index (κ1) is 14.3. The summed E-state index contributed by atoms with van der Waals surface area (Å²) in [6.07, 6.45) is -0.0495. The molecule has 2 unspecified atom stereocenters. The van der Waals surface area contributed by atoms with Gasteiger partial charge in [-0.25, -0.2) is 0 Å². The molecule has 0 saturated carbocycles. The standard InChI is InChI=1S/C17H19NO2S/c1-2-19-13-8-4-3-7-12(13)17(18)15-11-21-16-10-6-5-9-14(16)20-15/h3-10,15,17H,2,11,18H2,1H3. The first-order valence-corrected chi connectivity index (χ1v) is 8.14. The Hall–Kier alpha value is -1.65. The number of rotatable bonds is 4. The van der Waals surface area contributed by atoms with Gasteiger partial charge >= 0.3 is 0 Å². The molecule has 0 aliphatic carbocycles. The smallest absolute Gasteiger partial charge is 0.133 e. The first-order chi connectivity index (χ1) is 10.3. The summed E-state index contributed by atoms with van der Waals surface area (Å²) in [4.78, 5) is 1.18. The quantitative estimate of drug-likeness (QED) is 0.936. The van der Waals surface area contributed by atoms with Crippen molar-refractivity contribution < 1.29 is 9.47 Å². The highest BCUT2D eigenvalue weighted by Crippen LogP contribution is 2.38. The van der Waals surface area contributed by atoms with Gasteiger partial charge in [0.2, 0.25) is 0 Å². The highest BCUT2D eigenvalue weighted by atomic mass is 32.2. The molecule has 2 N–H and O–H groups in total. The van der Waals surface area contributed by atoms with E-state index in [0.717, 1.165) is 22.8 Å². The molecule has 3 nitrogen and oxygen atoms in total. The normalized spacial score (nSPS) is 18.5. The van der Waals surface area contributed by atoms with Gasteiger partial charge in [-0.15, -0.1) is 11.8 Å². The van der Waals surface area contributed by atoms with E-state index in [1.165, 1.54) is 4.90 Å². The number of hydrogen-bond donors (Lipinski definition) is 1. The largest absolute Gasteiger partial charge is 0.494 e. The van der Waals surface area contributed by atoms with E-state index in [4.69, 9.17) is 15.2 Å². The number of ether oxygens (including phenoxy) is 2. The van der Waals surface area contributed by atoms with Crippen LogP contribution in [-0.4, -0.2) is 18.5 Å². The van der Waals surface area contributed by atoms with Crippen LogP contribution in [0.15, 0.2) is 53.4 Å². The van der Waals surface area contributed by atoms with Crippen LogP contribution in [0.5, 0.6) is 11.5 Å². The third kappa shape index (κ3) is 3.01. The zero-order valence-corrected chi connectivity index (χ0v) is 12.8. The zero-order chi connectivity index (χ0) is 14.7. The molecule has 1 aliphatic rings. The second-order valence-corrected chi connectivity index (χ2v) is 5.97. The van der Waals surface area contributed by atoms with Crippen molar-refractivity contribution in [3.8, 4) is 11.5 Å². The third-order valence-corrected chi connectivity index (χ3v) is 4.65. The van der Waals surface area contributed by atoms with Gasteiger partial charge in [0.15, 0.2) is 0 Å². The van der Waals surface area contributed by atoms with E-state index in [1.54, 1.807) is 11.8 Å². The Bertz CT molecular complexity index is 617. The molecule has 0 bridgehead atoms. The van der Waals surface area contributed by atoms with Gasteiger partial charge in [-0.05, 0) is 25.1 Å². The fraction of sp³-hybridized carbons (Fsp3) is 0.294. The van der Waals surface area contributed by atoms with Crippen LogP contribution < -0.4 is 15.2 Å². The Kier molecular flexibility index (Phi) is 4.36. The van der Waals surface area contributed by atoms with Crippen molar-refractivity contribution in [2.24, 2.45) is 5.73 Å². The molecule has 0 fully saturated rings. The number of hydrogen-bond acceptors (Lipinski definition) is 4. The Morgan fingerprint density at radius 3 is 2.86 bits per heavy atom. The van der Waals surface area contributed by atoms with E-state index < -0.39 is 0 Å². The predicted molar refractivity (Wildman–Crippen MR) is 86.1 cm³/mol. The number of benzene rings is 2. The van der Waals surface area contributed by atoms with Gasteiger partial charge in [0.05, 0.1) is 12.6 Å². The lowest BCUT2D eigenvalue weighted by Crippen LogP contribution is -2.35. The van der Waals surface area contributed by atoms with Gasteiger partial charge in [-0.3, -0.25) is 0 Å². The van der Waals surface area contributed by atoms with E-state index in [9.17, 15) is 0 Å². The van der Waals surface area contributed by atoms with Crippen LogP contribution in [0.3, 0.4) is 0 Å². The summed E-state index contributed by atoms with van der Waals surface area (Å²) < 4.78 is 11.8. The highest BCUT2D eigenvalue weighted by Gasteiger charge is 2.28. The molecule has 0 saturated heterocycles. The minimum absolute atomic E-state index is 0.0495. The minimum Gasteiger partial charge on any atom is -0.494 e. The van der Waals surface area contributed by atoms with Gasteiger partial charge in [-0.2, -0.15) is 0 Å². The molecule has 2 aromatic rings. The summed E-state index contributed by atoms with van der Waals surface area (Å²) in [6.45, 7) is 2.61. The van der Waals surface area contributed by atoms with E-state index >= 15 is 0 Å². The summed E-state index contributed by atoms with van der Waals surface area (Å²) in [5.41, 5.74) is 7.44. The average Bonchev–Trinajstić information content (AvgIpc) is 2.54. The molecule has 2 atom stereocenters.